The van der Waals surface area contributed by atoms with Crippen LogP contribution in [0.15, 0.2) is 18.2 Å². The molecule has 0 atom stereocenters. The third kappa shape index (κ3) is 2.48. The van der Waals surface area contributed by atoms with Crippen molar-refractivity contribution in [1.29, 1.82) is 0 Å². The lowest BCUT2D eigenvalue weighted by atomic mass is 10.0. The molecule has 0 saturated heterocycles. The van der Waals surface area contributed by atoms with Crippen LogP contribution in [-0.2, 0) is 0 Å². The van der Waals surface area contributed by atoms with Crippen molar-refractivity contribution < 1.29 is 9.84 Å². The van der Waals surface area contributed by atoms with Gasteiger partial charge in [-0.2, -0.15) is 0 Å². The molecular formula is C12H17O2. The summed E-state index contributed by atoms with van der Waals surface area (Å²) < 4.78 is 5.51. The van der Waals surface area contributed by atoms with Gasteiger partial charge in [0.2, 0.25) is 0 Å². The van der Waals surface area contributed by atoms with Crippen molar-refractivity contribution >= 4 is 0 Å². The van der Waals surface area contributed by atoms with E-state index < -0.39 is 0 Å². The zero-order valence-electron chi connectivity index (χ0n) is 8.95. The van der Waals surface area contributed by atoms with Crippen molar-refractivity contribution in [1.82, 2.24) is 0 Å². The molecule has 0 spiro atoms. The van der Waals surface area contributed by atoms with Gasteiger partial charge in [0.1, 0.15) is 12.4 Å². The highest BCUT2D eigenvalue weighted by Gasteiger charge is 2.08. The third-order valence-corrected chi connectivity index (χ3v) is 2.11. The molecule has 0 aliphatic rings. The number of hydrogen-bond donors (Lipinski definition) is 1. The number of aliphatic hydroxyl groups is 1. The SMILES string of the molecule is CCOc1cc([CH]O)ccc1C(C)C. The zero-order chi connectivity index (χ0) is 10.6. The van der Waals surface area contributed by atoms with Crippen molar-refractivity contribution in [2.24, 2.45) is 0 Å². The first-order valence-corrected chi connectivity index (χ1v) is 4.93. The van der Waals surface area contributed by atoms with Crippen molar-refractivity contribution in [3.63, 3.8) is 0 Å². The predicted octanol–water partition coefficient (Wildman–Crippen LogP) is 3.09. The minimum Gasteiger partial charge on any atom is -0.494 e. The molecule has 0 saturated carbocycles. The number of aliphatic hydroxyl groups excluding tert-OH is 1. The molecule has 0 fully saturated rings. The van der Waals surface area contributed by atoms with Crippen LogP contribution in [0.5, 0.6) is 5.75 Å². The zero-order valence-corrected chi connectivity index (χ0v) is 8.95. The Kier molecular flexibility index (Phi) is 3.96. The highest BCUT2D eigenvalue weighted by Crippen LogP contribution is 2.27. The summed E-state index contributed by atoms with van der Waals surface area (Å²) in [5.41, 5.74) is 1.95. The smallest absolute Gasteiger partial charge is 0.123 e. The lowest BCUT2D eigenvalue weighted by Crippen LogP contribution is -1.99. The standard InChI is InChI=1S/C12H17O2/c1-4-14-12-7-10(8-13)5-6-11(12)9(2)3/h5-9,13H,4H2,1-3H3. The Morgan fingerprint density at radius 2 is 2.14 bits per heavy atom. The Labute approximate surface area is 85.5 Å². The van der Waals surface area contributed by atoms with Crippen molar-refractivity contribution in [2.75, 3.05) is 6.61 Å². The summed E-state index contributed by atoms with van der Waals surface area (Å²) in [6.07, 6.45) is 0. The molecule has 2 heteroatoms. The largest absolute Gasteiger partial charge is 0.494 e. The quantitative estimate of drug-likeness (QED) is 0.796. The molecule has 0 aromatic heterocycles. The van der Waals surface area contributed by atoms with Crippen LogP contribution in [-0.4, -0.2) is 11.7 Å². The summed E-state index contributed by atoms with van der Waals surface area (Å²) in [5.74, 6) is 1.30. The second kappa shape index (κ2) is 5.01. The van der Waals surface area contributed by atoms with Crippen LogP contribution in [0.25, 0.3) is 0 Å². The number of benzene rings is 1. The molecule has 0 unspecified atom stereocenters. The summed E-state index contributed by atoms with van der Waals surface area (Å²) >= 11 is 0. The molecule has 0 aliphatic carbocycles. The van der Waals surface area contributed by atoms with E-state index in [2.05, 4.69) is 13.8 Å². The minimum absolute atomic E-state index is 0.435. The monoisotopic (exact) mass is 193 g/mol. The van der Waals surface area contributed by atoms with Gasteiger partial charge in [-0.15, -0.1) is 0 Å². The third-order valence-electron chi connectivity index (χ3n) is 2.11. The van der Waals surface area contributed by atoms with Crippen molar-refractivity contribution in [3.05, 3.63) is 35.9 Å². The number of rotatable bonds is 4. The maximum absolute atomic E-state index is 8.88. The molecule has 0 aliphatic heterocycles. The first kappa shape index (κ1) is 11.1. The predicted molar refractivity (Wildman–Crippen MR) is 57.0 cm³/mol. The van der Waals surface area contributed by atoms with E-state index in [0.29, 0.717) is 12.5 Å². The molecule has 1 aromatic rings. The highest BCUT2D eigenvalue weighted by atomic mass is 16.5. The van der Waals surface area contributed by atoms with Gasteiger partial charge in [0, 0.05) is 0 Å². The normalized spacial score (nSPS) is 10.6. The fourth-order valence-corrected chi connectivity index (χ4v) is 1.39. The summed E-state index contributed by atoms with van der Waals surface area (Å²) in [5, 5.41) is 8.88. The van der Waals surface area contributed by atoms with Gasteiger partial charge in [-0.1, -0.05) is 26.0 Å². The van der Waals surface area contributed by atoms with E-state index in [1.165, 1.54) is 5.56 Å². The second-order valence-electron chi connectivity index (χ2n) is 3.51. The van der Waals surface area contributed by atoms with Crippen molar-refractivity contribution in [2.45, 2.75) is 26.7 Å². The van der Waals surface area contributed by atoms with E-state index in [-0.39, 0.29) is 0 Å². The summed E-state index contributed by atoms with van der Waals surface area (Å²) in [7, 11) is 0. The topological polar surface area (TPSA) is 29.5 Å². The van der Waals surface area contributed by atoms with Gasteiger partial charge in [0.25, 0.3) is 0 Å². The second-order valence-corrected chi connectivity index (χ2v) is 3.51. The van der Waals surface area contributed by atoms with Gasteiger partial charge in [0.15, 0.2) is 0 Å². The fraction of sp³-hybridized carbons (Fsp3) is 0.417. The van der Waals surface area contributed by atoms with Crippen LogP contribution in [0.3, 0.4) is 0 Å². The maximum Gasteiger partial charge on any atom is 0.123 e. The molecule has 77 valence electrons. The summed E-state index contributed by atoms with van der Waals surface area (Å²) in [4.78, 5) is 0. The highest BCUT2D eigenvalue weighted by molar-refractivity contribution is 5.41. The molecule has 1 radical (unpaired) electrons. The average molecular weight is 193 g/mol. The Hall–Kier alpha value is -1.02. The van der Waals surface area contributed by atoms with E-state index in [1.807, 2.05) is 25.1 Å². The van der Waals surface area contributed by atoms with Crippen LogP contribution in [0.4, 0.5) is 0 Å². The Morgan fingerprint density at radius 1 is 1.43 bits per heavy atom. The van der Waals surface area contributed by atoms with Gasteiger partial charge in [0.05, 0.1) is 6.61 Å². The van der Waals surface area contributed by atoms with Crippen LogP contribution in [0.1, 0.15) is 37.8 Å². The van der Waals surface area contributed by atoms with E-state index in [9.17, 15) is 0 Å². The molecule has 2 nitrogen and oxygen atoms in total. The number of hydrogen-bond acceptors (Lipinski definition) is 2. The lowest BCUT2D eigenvalue weighted by molar-refractivity contribution is 0.334. The molecule has 0 heterocycles. The summed E-state index contributed by atoms with van der Waals surface area (Å²) in [6, 6.07) is 5.74. The Morgan fingerprint density at radius 3 is 2.64 bits per heavy atom. The van der Waals surface area contributed by atoms with Crippen LogP contribution in [0.2, 0.25) is 0 Å². The molecule has 0 bridgehead atoms. The lowest BCUT2D eigenvalue weighted by Gasteiger charge is -2.13. The van der Waals surface area contributed by atoms with Crippen LogP contribution >= 0.6 is 0 Å². The fourth-order valence-electron chi connectivity index (χ4n) is 1.39. The summed E-state index contributed by atoms with van der Waals surface area (Å²) in [6.45, 7) is 7.95. The van der Waals surface area contributed by atoms with E-state index in [1.54, 1.807) is 0 Å². The minimum atomic E-state index is 0.435. The van der Waals surface area contributed by atoms with Crippen LogP contribution in [0, 0.1) is 6.61 Å². The molecule has 1 rings (SSSR count). The average Bonchev–Trinajstić information content (AvgIpc) is 2.17. The van der Waals surface area contributed by atoms with Gasteiger partial charge in [-0.05, 0) is 30.0 Å². The van der Waals surface area contributed by atoms with Gasteiger partial charge in [-0.3, -0.25) is 0 Å². The first-order chi connectivity index (χ1) is 6.69. The van der Waals surface area contributed by atoms with E-state index in [0.717, 1.165) is 17.9 Å². The molecule has 1 N–H and O–H groups in total. The van der Waals surface area contributed by atoms with Crippen molar-refractivity contribution in [3.8, 4) is 5.75 Å². The van der Waals surface area contributed by atoms with E-state index in [4.69, 9.17) is 9.84 Å². The number of ether oxygens (including phenoxy) is 1. The Balaban J connectivity index is 3.03. The van der Waals surface area contributed by atoms with Crippen LogP contribution < -0.4 is 4.74 Å². The molecule has 1 aromatic carbocycles. The first-order valence-electron chi connectivity index (χ1n) is 4.93. The molecular weight excluding hydrogens is 176 g/mol. The van der Waals surface area contributed by atoms with E-state index >= 15 is 0 Å². The maximum atomic E-state index is 8.88. The molecule has 14 heavy (non-hydrogen) atoms. The van der Waals surface area contributed by atoms with Gasteiger partial charge >= 0.3 is 0 Å². The molecule has 0 amide bonds. The Bertz CT molecular complexity index is 292. The van der Waals surface area contributed by atoms with Gasteiger partial charge < -0.3 is 9.84 Å². The van der Waals surface area contributed by atoms with Gasteiger partial charge in [-0.25, -0.2) is 0 Å².